The Balaban J connectivity index is 1.78. The molecule has 0 aromatic heterocycles. The van der Waals surface area contributed by atoms with Gasteiger partial charge in [-0.15, -0.1) is 0 Å². The SMILES string of the molecule is CCCCN1CC(CC2CC2)CC(NC)C1. The predicted molar refractivity (Wildman–Crippen MR) is 69.6 cm³/mol. The molecule has 94 valence electrons. The monoisotopic (exact) mass is 224 g/mol. The molecule has 0 bridgehead atoms. The van der Waals surface area contributed by atoms with Crippen LogP contribution in [0, 0.1) is 11.8 Å². The van der Waals surface area contributed by atoms with E-state index in [0.717, 1.165) is 17.9 Å². The van der Waals surface area contributed by atoms with Gasteiger partial charge in [0.1, 0.15) is 0 Å². The van der Waals surface area contributed by atoms with Gasteiger partial charge in [-0.2, -0.15) is 0 Å². The third-order valence-corrected chi connectivity index (χ3v) is 4.21. The lowest BCUT2D eigenvalue weighted by Gasteiger charge is -2.38. The van der Waals surface area contributed by atoms with E-state index in [4.69, 9.17) is 0 Å². The van der Waals surface area contributed by atoms with Crippen molar-refractivity contribution in [2.24, 2.45) is 11.8 Å². The molecular weight excluding hydrogens is 196 g/mol. The van der Waals surface area contributed by atoms with Crippen LogP contribution >= 0.6 is 0 Å². The summed E-state index contributed by atoms with van der Waals surface area (Å²) in [5, 5.41) is 3.49. The molecule has 2 aliphatic rings. The van der Waals surface area contributed by atoms with Crippen molar-refractivity contribution in [1.29, 1.82) is 0 Å². The number of hydrogen-bond acceptors (Lipinski definition) is 2. The van der Waals surface area contributed by atoms with Crippen molar-refractivity contribution in [3.63, 3.8) is 0 Å². The number of nitrogens with one attached hydrogen (secondary N) is 1. The van der Waals surface area contributed by atoms with E-state index in [1.807, 2.05) is 0 Å². The molecule has 0 amide bonds. The van der Waals surface area contributed by atoms with Crippen LogP contribution in [0.3, 0.4) is 0 Å². The van der Waals surface area contributed by atoms with Crippen molar-refractivity contribution in [2.45, 2.75) is 51.5 Å². The van der Waals surface area contributed by atoms with Crippen molar-refractivity contribution in [3.05, 3.63) is 0 Å². The van der Waals surface area contributed by atoms with E-state index in [-0.39, 0.29) is 0 Å². The fourth-order valence-corrected chi connectivity index (χ4v) is 3.07. The number of likely N-dealkylation sites (N-methyl/N-ethyl adjacent to an activating group) is 1. The minimum atomic E-state index is 0.745. The molecule has 16 heavy (non-hydrogen) atoms. The van der Waals surface area contributed by atoms with Crippen molar-refractivity contribution >= 4 is 0 Å². The minimum absolute atomic E-state index is 0.745. The maximum atomic E-state index is 3.49. The Hall–Kier alpha value is -0.0800. The Morgan fingerprint density at radius 3 is 2.62 bits per heavy atom. The second kappa shape index (κ2) is 6.02. The quantitative estimate of drug-likeness (QED) is 0.746. The Morgan fingerprint density at radius 1 is 1.19 bits per heavy atom. The zero-order valence-corrected chi connectivity index (χ0v) is 11.0. The van der Waals surface area contributed by atoms with Crippen molar-refractivity contribution in [1.82, 2.24) is 10.2 Å². The summed E-state index contributed by atoms with van der Waals surface area (Å²) in [4.78, 5) is 2.70. The zero-order chi connectivity index (χ0) is 11.4. The van der Waals surface area contributed by atoms with Gasteiger partial charge in [-0.25, -0.2) is 0 Å². The highest BCUT2D eigenvalue weighted by molar-refractivity contribution is 4.86. The van der Waals surface area contributed by atoms with E-state index in [9.17, 15) is 0 Å². The standard InChI is InChI=1S/C14H28N2/c1-3-4-7-16-10-13(8-12-5-6-12)9-14(11-16)15-2/h12-15H,3-11H2,1-2H3. The molecule has 0 radical (unpaired) electrons. The topological polar surface area (TPSA) is 15.3 Å². The first-order valence-electron chi connectivity index (χ1n) is 7.21. The largest absolute Gasteiger partial charge is 0.316 e. The summed E-state index contributed by atoms with van der Waals surface area (Å²) in [6.45, 7) is 6.25. The van der Waals surface area contributed by atoms with Gasteiger partial charge < -0.3 is 10.2 Å². The minimum Gasteiger partial charge on any atom is -0.316 e. The van der Waals surface area contributed by atoms with Gasteiger partial charge in [0.2, 0.25) is 0 Å². The van der Waals surface area contributed by atoms with E-state index in [0.29, 0.717) is 0 Å². The molecule has 2 atom stereocenters. The normalized spacial score (nSPS) is 31.9. The van der Waals surface area contributed by atoms with E-state index < -0.39 is 0 Å². The molecular formula is C14H28N2. The molecule has 2 fully saturated rings. The van der Waals surface area contributed by atoms with Crippen LogP contribution in [-0.4, -0.2) is 37.6 Å². The highest BCUT2D eigenvalue weighted by Gasteiger charge is 2.31. The van der Waals surface area contributed by atoms with Crippen molar-refractivity contribution in [3.8, 4) is 0 Å². The second-order valence-corrected chi connectivity index (χ2v) is 5.88. The maximum Gasteiger partial charge on any atom is 0.0195 e. The number of nitrogens with zero attached hydrogens (tertiary/aromatic N) is 1. The van der Waals surface area contributed by atoms with Gasteiger partial charge in [0.15, 0.2) is 0 Å². The lowest BCUT2D eigenvalue weighted by molar-refractivity contribution is 0.134. The van der Waals surface area contributed by atoms with E-state index in [1.165, 1.54) is 58.2 Å². The molecule has 2 nitrogen and oxygen atoms in total. The van der Waals surface area contributed by atoms with Gasteiger partial charge >= 0.3 is 0 Å². The predicted octanol–water partition coefficient (Wildman–Crippen LogP) is 2.50. The Morgan fingerprint density at radius 2 is 2.00 bits per heavy atom. The Bertz CT molecular complexity index is 201. The van der Waals surface area contributed by atoms with Crippen LogP contribution in [0.4, 0.5) is 0 Å². The summed E-state index contributed by atoms with van der Waals surface area (Å²) < 4.78 is 0. The zero-order valence-electron chi connectivity index (χ0n) is 11.0. The molecule has 0 aromatic carbocycles. The Labute approximate surface area is 101 Å². The average Bonchev–Trinajstić information content (AvgIpc) is 3.10. The number of rotatable bonds is 6. The first-order valence-corrected chi connectivity index (χ1v) is 7.21. The Kier molecular flexibility index (Phi) is 4.66. The molecule has 1 aliphatic carbocycles. The summed E-state index contributed by atoms with van der Waals surface area (Å²) in [5.41, 5.74) is 0. The molecule has 1 N–H and O–H groups in total. The highest BCUT2D eigenvalue weighted by atomic mass is 15.2. The van der Waals surface area contributed by atoms with E-state index in [2.05, 4.69) is 24.2 Å². The number of unbranched alkanes of at least 4 members (excludes halogenated alkanes) is 1. The van der Waals surface area contributed by atoms with Gasteiger partial charge in [-0.3, -0.25) is 0 Å². The van der Waals surface area contributed by atoms with Crippen LogP contribution in [0.25, 0.3) is 0 Å². The van der Waals surface area contributed by atoms with Crippen LogP contribution in [0.5, 0.6) is 0 Å². The number of likely N-dealkylation sites (tertiary alicyclic amines) is 1. The summed E-state index contributed by atoms with van der Waals surface area (Å²) in [6.07, 6.45) is 8.63. The summed E-state index contributed by atoms with van der Waals surface area (Å²) >= 11 is 0. The first kappa shape index (κ1) is 12.4. The molecule has 1 aliphatic heterocycles. The van der Waals surface area contributed by atoms with Crippen LogP contribution in [0.1, 0.15) is 45.4 Å². The van der Waals surface area contributed by atoms with Crippen LogP contribution in [0.2, 0.25) is 0 Å². The van der Waals surface area contributed by atoms with Gasteiger partial charge in [-0.05, 0) is 44.7 Å². The molecule has 2 rings (SSSR count). The molecule has 0 spiro atoms. The third-order valence-electron chi connectivity index (χ3n) is 4.21. The third kappa shape index (κ3) is 3.74. The smallest absolute Gasteiger partial charge is 0.0195 e. The molecule has 2 heteroatoms. The van der Waals surface area contributed by atoms with Crippen LogP contribution < -0.4 is 5.32 Å². The maximum absolute atomic E-state index is 3.49. The first-order chi connectivity index (χ1) is 7.81. The second-order valence-electron chi connectivity index (χ2n) is 5.88. The van der Waals surface area contributed by atoms with Crippen molar-refractivity contribution in [2.75, 3.05) is 26.7 Å². The van der Waals surface area contributed by atoms with Gasteiger partial charge in [0, 0.05) is 19.1 Å². The molecule has 1 saturated heterocycles. The number of piperidine rings is 1. The van der Waals surface area contributed by atoms with Gasteiger partial charge in [0.25, 0.3) is 0 Å². The van der Waals surface area contributed by atoms with E-state index >= 15 is 0 Å². The van der Waals surface area contributed by atoms with Crippen LogP contribution in [-0.2, 0) is 0 Å². The van der Waals surface area contributed by atoms with E-state index in [1.54, 1.807) is 0 Å². The fraction of sp³-hybridized carbons (Fsp3) is 1.00. The fourth-order valence-electron chi connectivity index (χ4n) is 3.07. The van der Waals surface area contributed by atoms with Gasteiger partial charge in [-0.1, -0.05) is 26.2 Å². The number of hydrogen-bond donors (Lipinski definition) is 1. The summed E-state index contributed by atoms with van der Waals surface area (Å²) in [6, 6.07) is 0.745. The average molecular weight is 224 g/mol. The molecule has 0 aromatic rings. The highest BCUT2D eigenvalue weighted by Crippen LogP contribution is 2.37. The van der Waals surface area contributed by atoms with Crippen LogP contribution in [0.15, 0.2) is 0 Å². The lowest BCUT2D eigenvalue weighted by atomic mass is 9.89. The lowest BCUT2D eigenvalue weighted by Crippen LogP contribution is -2.48. The van der Waals surface area contributed by atoms with Gasteiger partial charge in [0.05, 0.1) is 0 Å². The summed E-state index contributed by atoms with van der Waals surface area (Å²) in [7, 11) is 2.13. The summed E-state index contributed by atoms with van der Waals surface area (Å²) in [5.74, 6) is 2.06. The molecule has 2 unspecified atom stereocenters. The molecule has 1 heterocycles. The van der Waals surface area contributed by atoms with Crippen molar-refractivity contribution < 1.29 is 0 Å². The molecule has 1 saturated carbocycles.